The van der Waals surface area contributed by atoms with Crippen LogP contribution in [-0.2, 0) is 6.54 Å². The van der Waals surface area contributed by atoms with Crippen molar-refractivity contribution in [1.29, 1.82) is 0 Å². The van der Waals surface area contributed by atoms with Crippen LogP contribution in [0.2, 0.25) is 0 Å². The quantitative estimate of drug-likeness (QED) is 0.603. The summed E-state index contributed by atoms with van der Waals surface area (Å²) in [6.45, 7) is 4.75. The molecule has 3 aromatic rings. The van der Waals surface area contributed by atoms with E-state index in [0.717, 1.165) is 6.42 Å². The summed E-state index contributed by atoms with van der Waals surface area (Å²) in [6.07, 6.45) is 3.75. The molecule has 0 radical (unpaired) electrons. The van der Waals surface area contributed by atoms with Gasteiger partial charge >= 0.3 is 0 Å². The second-order valence-corrected chi connectivity index (χ2v) is 7.83. The summed E-state index contributed by atoms with van der Waals surface area (Å²) in [7, 11) is 1.57. The Kier molecular flexibility index (Phi) is 5.07. The topological polar surface area (TPSA) is 90.2 Å². The zero-order chi connectivity index (χ0) is 21.3. The molecule has 1 aromatic carbocycles. The SMILES string of the molecule is COc1cccc(C(=O)CN2c3nc(-c4ccncn4)cc(=O)n3CCC2(C)C)c1. The maximum atomic E-state index is 13.1. The molecule has 154 valence electrons. The number of Topliss-reactive ketones (excluding diaryl/α,β-unsaturated/α-hetero) is 1. The van der Waals surface area contributed by atoms with E-state index >= 15 is 0 Å². The number of carbonyl (C=O) groups is 1. The van der Waals surface area contributed by atoms with Gasteiger partial charge in [-0.1, -0.05) is 12.1 Å². The third-order valence-corrected chi connectivity index (χ3v) is 5.45. The monoisotopic (exact) mass is 405 g/mol. The number of fused-ring (bicyclic) bond motifs is 1. The van der Waals surface area contributed by atoms with Gasteiger partial charge in [-0.25, -0.2) is 15.0 Å². The zero-order valence-electron chi connectivity index (χ0n) is 17.2. The van der Waals surface area contributed by atoms with E-state index in [0.29, 0.717) is 35.2 Å². The average molecular weight is 405 g/mol. The van der Waals surface area contributed by atoms with Crippen molar-refractivity contribution in [1.82, 2.24) is 19.5 Å². The zero-order valence-corrected chi connectivity index (χ0v) is 17.2. The van der Waals surface area contributed by atoms with Crippen LogP contribution in [-0.4, -0.2) is 44.5 Å². The molecule has 0 N–H and O–H groups in total. The second kappa shape index (κ2) is 7.70. The highest BCUT2D eigenvalue weighted by Gasteiger charge is 2.36. The first-order valence-corrected chi connectivity index (χ1v) is 9.72. The van der Waals surface area contributed by atoms with Gasteiger partial charge in [-0.05, 0) is 38.5 Å². The first-order valence-electron chi connectivity index (χ1n) is 9.72. The predicted molar refractivity (Wildman–Crippen MR) is 113 cm³/mol. The van der Waals surface area contributed by atoms with Gasteiger partial charge in [0.15, 0.2) is 5.78 Å². The van der Waals surface area contributed by atoms with Crippen molar-refractivity contribution in [2.24, 2.45) is 0 Å². The van der Waals surface area contributed by atoms with E-state index in [4.69, 9.17) is 9.72 Å². The summed E-state index contributed by atoms with van der Waals surface area (Å²) in [5.74, 6) is 1.03. The minimum Gasteiger partial charge on any atom is -0.497 e. The van der Waals surface area contributed by atoms with Gasteiger partial charge in [0.05, 0.1) is 25.0 Å². The lowest BCUT2D eigenvalue weighted by Gasteiger charge is -2.43. The second-order valence-electron chi connectivity index (χ2n) is 7.83. The van der Waals surface area contributed by atoms with Gasteiger partial charge in [-0.15, -0.1) is 0 Å². The summed E-state index contributed by atoms with van der Waals surface area (Å²) in [4.78, 5) is 40.6. The molecule has 2 aromatic heterocycles. The lowest BCUT2D eigenvalue weighted by molar-refractivity contribution is 0.0988. The van der Waals surface area contributed by atoms with Gasteiger partial charge < -0.3 is 9.64 Å². The molecule has 0 spiro atoms. The van der Waals surface area contributed by atoms with E-state index in [1.54, 1.807) is 48.2 Å². The molecule has 8 nitrogen and oxygen atoms in total. The van der Waals surface area contributed by atoms with Crippen LogP contribution in [0, 0.1) is 0 Å². The Balaban J connectivity index is 1.75. The number of hydrogen-bond donors (Lipinski definition) is 0. The standard InChI is InChI=1S/C22H23N5O3/c1-22(2)8-10-26-20(29)12-18(17-7-9-23-14-24-17)25-21(26)27(22)13-19(28)15-5-4-6-16(11-15)30-3/h4-7,9,11-12,14H,8,10,13H2,1-3H3. The largest absolute Gasteiger partial charge is 0.497 e. The lowest BCUT2D eigenvalue weighted by atomic mass is 9.95. The Hall–Kier alpha value is -3.55. The summed E-state index contributed by atoms with van der Waals surface area (Å²) >= 11 is 0. The smallest absolute Gasteiger partial charge is 0.255 e. The maximum absolute atomic E-state index is 13.1. The fraction of sp³-hybridized carbons (Fsp3) is 0.318. The minimum atomic E-state index is -0.349. The summed E-state index contributed by atoms with van der Waals surface area (Å²) < 4.78 is 6.86. The van der Waals surface area contributed by atoms with E-state index in [2.05, 4.69) is 23.8 Å². The van der Waals surface area contributed by atoms with E-state index in [9.17, 15) is 9.59 Å². The number of aromatic nitrogens is 4. The Morgan fingerprint density at radius 3 is 2.77 bits per heavy atom. The van der Waals surface area contributed by atoms with E-state index < -0.39 is 0 Å². The van der Waals surface area contributed by atoms with E-state index in [1.807, 2.05) is 4.90 Å². The number of anilines is 1. The number of ketones is 1. The third kappa shape index (κ3) is 3.68. The van der Waals surface area contributed by atoms with Crippen LogP contribution in [0.5, 0.6) is 5.75 Å². The van der Waals surface area contributed by atoms with Crippen LogP contribution in [0.15, 0.2) is 53.7 Å². The van der Waals surface area contributed by atoms with Gasteiger partial charge in [-0.3, -0.25) is 14.2 Å². The summed E-state index contributed by atoms with van der Waals surface area (Å²) in [5, 5.41) is 0. The molecule has 0 saturated carbocycles. The van der Waals surface area contributed by atoms with Crippen molar-refractivity contribution < 1.29 is 9.53 Å². The van der Waals surface area contributed by atoms with Crippen molar-refractivity contribution in [2.75, 3.05) is 18.6 Å². The Bertz CT molecular complexity index is 1140. The van der Waals surface area contributed by atoms with Crippen molar-refractivity contribution in [3.05, 3.63) is 64.8 Å². The van der Waals surface area contributed by atoms with Gasteiger partial charge in [0.1, 0.15) is 12.1 Å². The fourth-order valence-electron chi connectivity index (χ4n) is 3.59. The first-order chi connectivity index (χ1) is 14.4. The first kappa shape index (κ1) is 19.8. The highest BCUT2D eigenvalue weighted by molar-refractivity contribution is 5.99. The number of rotatable bonds is 5. The predicted octanol–water partition coefficient (Wildman–Crippen LogP) is 2.58. The van der Waals surface area contributed by atoms with Gasteiger partial charge in [-0.2, -0.15) is 0 Å². The number of ether oxygens (including phenoxy) is 1. The molecule has 0 aliphatic carbocycles. The molecule has 30 heavy (non-hydrogen) atoms. The van der Waals surface area contributed by atoms with Crippen LogP contribution in [0.4, 0.5) is 5.95 Å². The van der Waals surface area contributed by atoms with Crippen LogP contribution in [0.3, 0.4) is 0 Å². The van der Waals surface area contributed by atoms with Crippen molar-refractivity contribution >= 4 is 11.7 Å². The Morgan fingerprint density at radius 1 is 1.20 bits per heavy atom. The maximum Gasteiger partial charge on any atom is 0.255 e. The number of nitrogens with zero attached hydrogens (tertiary/aromatic N) is 5. The normalized spacial score (nSPS) is 14.8. The highest BCUT2D eigenvalue weighted by Crippen LogP contribution is 2.31. The molecule has 0 unspecified atom stereocenters. The molecule has 1 aliphatic heterocycles. The fourth-order valence-corrected chi connectivity index (χ4v) is 3.59. The molecular formula is C22H23N5O3. The van der Waals surface area contributed by atoms with Crippen molar-refractivity contribution in [2.45, 2.75) is 32.4 Å². The number of carbonyl (C=O) groups excluding carboxylic acids is 1. The Morgan fingerprint density at radius 2 is 2.03 bits per heavy atom. The number of hydrogen-bond acceptors (Lipinski definition) is 7. The van der Waals surface area contributed by atoms with Crippen LogP contribution < -0.4 is 15.2 Å². The van der Waals surface area contributed by atoms with Gasteiger partial charge in [0.25, 0.3) is 5.56 Å². The Labute approximate surface area is 174 Å². The minimum absolute atomic E-state index is 0.0721. The van der Waals surface area contributed by atoms with Gasteiger partial charge in [0.2, 0.25) is 5.95 Å². The third-order valence-electron chi connectivity index (χ3n) is 5.45. The molecule has 0 amide bonds. The molecule has 8 heteroatoms. The summed E-state index contributed by atoms with van der Waals surface area (Å²) in [5.41, 5.74) is 1.07. The molecule has 0 fully saturated rings. The van der Waals surface area contributed by atoms with Crippen LogP contribution in [0.25, 0.3) is 11.4 Å². The summed E-state index contributed by atoms with van der Waals surface area (Å²) in [6, 6.07) is 10.3. The number of benzene rings is 1. The molecule has 4 rings (SSSR count). The molecule has 0 atom stereocenters. The number of methoxy groups -OCH3 is 1. The van der Waals surface area contributed by atoms with Crippen molar-refractivity contribution in [3.8, 4) is 17.1 Å². The van der Waals surface area contributed by atoms with E-state index in [1.165, 1.54) is 12.4 Å². The van der Waals surface area contributed by atoms with Crippen LogP contribution in [0.1, 0.15) is 30.6 Å². The lowest BCUT2D eigenvalue weighted by Crippen LogP contribution is -2.53. The van der Waals surface area contributed by atoms with Crippen LogP contribution >= 0.6 is 0 Å². The molecule has 3 heterocycles. The highest BCUT2D eigenvalue weighted by atomic mass is 16.5. The molecule has 1 aliphatic rings. The molecule has 0 bridgehead atoms. The molecule has 0 saturated heterocycles. The van der Waals surface area contributed by atoms with E-state index in [-0.39, 0.29) is 23.4 Å². The van der Waals surface area contributed by atoms with Gasteiger partial charge in [0, 0.05) is 29.9 Å². The average Bonchev–Trinajstić information content (AvgIpc) is 2.76. The van der Waals surface area contributed by atoms with Crippen molar-refractivity contribution in [3.63, 3.8) is 0 Å². The molecular weight excluding hydrogens is 382 g/mol.